The van der Waals surface area contributed by atoms with Crippen molar-refractivity contribution < 1.29 is 18.0 Å². The maximum Gasteiger partial charge on any atom is 0.422 e. The van der Waals surface area contributed by atoms with Crippen LogP contribution in [0.15, 0.2) is 29.3 Å². The second-order valence-corrected chi connectivity index (χ2v) is 6.26. The van der Waals surface area contributed by atoms with Crippen molar-refractivity contribution in [2.75, 3.05) is 0 Å². The van der Waals surface area contributed by atoms with Crippen LogP contribution < -0.4 is 0 Å². The number of nitrogens with zero attached hydrogens (tertiary/aromatic N) is 1. The van der Waals surface area contributed by atoms with Crippen molar-refractivity contribution in [2.45, 2.75) is 38.9 Å². The molecule has 0 N–H and O–H groups in total. The number of benzene rings is 1. The zero-order chi connectivity index (χ0) is 15.2. The normalized spacial score (nSPS) is 21.9. The summed E-state index contributed by atoms with van der Waals surface area (Å²) < 4.78 is 38.6. The van der Waals surface area contributed by atoms with Gasteiger partial charge in [-0.2, -0.15) is 13.2 Å². The maximum absolute atomic E-state index is 12.9. The number of hydrogen-bond acceptors (Lipinski definition) is 2. The summed E-state index contributed by atoms with van der Waals surface area (Å²) in [6, 6.07) is 5.55. The molecule has 1 unspecified atom stereocenters. The van der Waals surface area contributed by atoms with Gasteiger partial charge in [-0.25, -0.2) is 0 Å². The number of aliphatic imine (C=N–C) groups is 1. The molecule has 20 heavy (non-hydrogen) atoms. The first-order valence-corrected chi connectivity index (χ1v) is 6.32. The van der Waals surface area contributed by atoms with Gasteiger partial charge in [-0.15, -0.1) is 0 Å². The highest BCUT2D eigenvalue weighted by molar-refractivity contribution is 5.96. The van der Waals surface area contributed by atoms with Gasteiger partial charge in [-0.1, -0.05) is 45.0 Å². The molecule has 5 heteroatoms. The van der Waals surface area contributed by atoms with Crippen LogP contribution in [0.2, 0.25) is 0 Å². The first-order chi connectivity index (χ1) is 9.05. The Labute approximate surface area is 115 Å². The first kappa shape index (κ1) is 14.8. The van der Waals surface area contributed by atoms with E-state index in [1.54, 1.807) is 0 Å². The quantitative estimate of drug-likeness (QED) is 0.766. The van der Waals surface area contributed by atoms with Gasteiger partial charge < -0.3 is 0 Å². The zero-order valence-corrected chi connectivity index (χ0v) is 11.6. The predicted octanol–water partition coefficient (Wildman–Crippen LogP) is 4.15. The minimum Gasteiger partial charge on any atom is -0.294 e. The third-order valence-corrected chi connectivity index (χ3v) is 3.16. The van der Waals surface area contributed by atoms with E-state index < -0.39 is 11.7 Å². The molecule has 0 radical (unpaired) electrons. The lowest BCUT2D eigenvalue weighted by Crippen LogP contribution is -2.31. The molecular weight excluding hydrogens is 267 g/mol. The van der Waals surface area contributed by atoms with Gasteiger partial charge in [0.2, 0.25) is 5.54 Å². The van der Waals surface area contributed by atoms with E-state index in [1.165, 1.54) is 24.3 Å². The summed E-state index contributed by atoms with van der Waals surface area (Å²) in [5, 5.41) is 0. The number of carbonyl (C=O) groups excluding carboxylic acids is 1. The summed E-state index contributed by atoms with van der Waals surface area (Å²) in [6.45, 7) is 5.82. The standard InChI is InChI=1S/C15H16F3NO/c1-13(2,3)8-12(20)10-4-6-11(7-5-10)14(9-19-14)15(16,17)18/h4-7,9H,8H2,1-3H3. The number of ketones is 1. The Bertz CT molecular complexity index is 544. The molecule has 0 saturated carbocycles. The van der Waals surface area contributed by atoms with Gasteiger partial charge in [0.15, 0.2) is 5.78 Å². The van der Waals surface area contributed by atoms with Gasteiger partial charge >= 0.3 is 6.18 Å². The molecule has 108 valence electrons. The van der Waals surface area contributed by atoms with Crippen LogP contribution in [0.1, 0.15) is 43.1 Å². The Morgan fingerprint density at radius 2 is 1.65 bits per heavy atom. The van der Waals surface area contributed by atoms with Gasteiger partial charge in [0, 0.05) is 18.2 Å². The fourth-order valence-electron chi connectivity index (χ4n) is 2.02. The summed E-state index contributed by atoms with van der Waals surface area (Å²) in [5.41, 5.74) is -1.83. The molecule has 0 spiro atoms. The maximum atomic E-state index is 12.9. The molecule has 0 saturated heterocycles. The summed E-state index contributed by atoms with van der Waals surface area (Å²) >= 11 is 0. The van der Waals surface area contributed by atoms with Gasteiger partial charge in [0.1, 0.15) is 0 Å². The van der Waals surface area contributed by atoms with E-state index in [4.69, 9.17) is 0 Å². The van der Waals surface area contributed by atoms with E-state index in [0.29, 0.717) is 12.0 Å². The SMILES string of the molecule is CC(C)(C)CC(=O)c1ccc(C2(C(F)(F)F)C=N2)cc1. The number of rotatable bonds is 3. The summed E-state index contributed by atoms with van der Waals surface area (Å²) in [5.74, 6) is -0.0678. The Balaban J connectivity index is 2.18. The van der Waals surface area contributed by atoms with E-state index in [2.05, 4.69) is 4.99 Å². The van der Waals surface area contributed by atoms with E-state index in [-0.39, 0.29) is 16.8 Å². The fourth-order valence-corrected chi connectivity index (χ4v) is 2.02. The van der Waals surface area contributed by atoms with E-state index in [0.717, 1.165) is 6.21 Å². The number of carbonyl (C=O) groups is 1. The van der Waals surface area contributed by atoms with Crippen LogP contribution in [0.3, 0.4) is 0 Å². The molecule has 1 atom stereocenters. The van der Waals surface area contributed by atoms with Crippen molar-refractivity contribution in [1.82, 2.24) is 0 Å². The van der Waals surface area contributed by atoms with E-state index >= 15 is 0 Å². The third kappa shape index (κ3) is 2.76. The van der Waals surface area contributed by atoms with Crippen LogP contribution >= 0.6 is 0 Å². The zero-order valence-electron chi connectivity index (χ0n) is 11.6. The minimum atomic E-state index is -4.43. The minimum absolute atomic E-state index is 0.0531. The van der Waals surface area contributed by atoms with Crippen LogP contribution in [-0.2, 0) is 5.54 Å². The molecular formula is C15H16F3NO. The summed E-state index contributed by atoms with van der Waals surface area (Å²) in [6.07, 6.45) is -3.18. The van der Waals surface area contributed by atoms with Crippen molar-refractivity contribution in [1.29, 1.82) is 0 Å². The molecule has 2 rings (SSSR count). The molecule has 0 bridgehead atoms. The van der Waals surface area contributed by atoms with Crippen LogP contribution in [0, 0.1) is 5.41 Å². The van der Waals surface area contributed by atoms with Gasteiger partial charge in [-0.05, 0) is 11.0 Å². The van der Waals surface area contributed by atoms with Crippen LogP contribution in [0.25, 0.3) is 0 Å². The van der Waals surface area contributed by atoms with Crippen molar-refractivity contribution in [2.24, 2.45) is 10.4 Å². The van der Waals surface area contributed by atoms with E-state index in [9.17, 15) is 18.0 Å². The van der Waals surface area contributed by atoms with Crippen LogP contribution in [0.4, 0.5) is 13.2 Å². The summed E-state index contributed by atoms with van der Waals surface area (Å²) in [4.78, 5) is 15.4. The molecule has 0 aliphatic carbocycles. The molecule has 2 nitrogen and oxygen atoms in total. The fraction of sp³-hybridized carbons (Fsp3) is 0.467. The Morgan fingerprint density at radius 1 is 1.15 bits per heavy atom. The smallest absolute Gasteiger partial charge is 0.294 e. The highest BCUT2D eigenvalue weighted by Gasteiger charge is 2.61. The number of halogens is 3. The van der Waals surface area contributed by atoms with E-state index in [1.807, 2.05) is 20.8 Å². The molecule has 1 heterocycles. The lowest BCUT2D eigenvalue weighted by atomic mass is 9.87. The average Bonchev–Trinajstić information content (AvgIpc) is 3.07. The second kappa shape index (κ2) is 4.43. The first-order valence-electron chi connectivity index (χ1n) is 6.32. The third-order valence-electron chi connectivity index (χ3n) is 3.16. The number of alkyl halides is 3. The van der Waals surface area contributed by atoms with Gasteiger partial charge in [0.25, 0.3) is 0 Å². The molecule has 1 aliphatic rings. The molecule has 1 aliphatic heterocycles. The predicted molar refractivity (Wildman–Crippen MR) is 71.1 cm³/mol. The molecule has 0 aromatic heterocycles. The Morgan fingerprint density at radius 3 is 2.00 bits per heavy atom. The second-order valence-electron chi connectivity index (χ2n) is 6.26. The topological polar surface area (TPSA) is 29.4 Å². The summed E-state index contributed by atoms with van der Waals surface area (Å²) in [7, 11) is 0. The molecule has 0 amide bonds. The number of hydrogen-bond donors (Lipinski definition) is 0. The van der Waals surface area contributed by atoms with Crippen molar-refractivity contribution in [3.63, 3.8) is 0 Å². The largest absolute Gasteiger partial charge is 0.422 e. The lowest BCUT2D eigenvalue weighted by Gasteiger charge is -2.19. The average molecular weight is 283 g/mol. The van der Waals surface area contributed by atoms with Crippen molar-refractivity contribution in [3.05, 3.63) is 35.4 Å². The van der Waals surface area contributed by atoms with Crippen LogP contribution in [-0.4, -0.2) is 18.2 Å². The monoisotopic (exact) mass is 283 g/mol. The molecule has 1 aromatic rings. The Kier molecular flexibility index (Phi) is 3.27. The van der Waals surface area contributed by atoms with Crippen LogP contribution in [0.5, 0.6) is 0 Å². The van der Waals surface area contributed by atoms with Gasteiger partial charge in [-0.3, -0.25) is 9.79 Å². The lowest BCUT2D eigenvalue weighted by molar-refractivity contribution is -0.156. The highest BCUT2D eigenvalue weighted by atomic mass is 19.4. The molecule has 0 fully saturated rings. The Hall–Kier alpha value is -1.65. The number of Topliss-reactive ketones (excluding diaryl/α,β-unsaturated/α-hetero) is 1. The van der Waals surface area contributed by atoms with Crippen molar-refractivity contribution >= 4 is 12.0 Å². The van der Waals surface area contributed by atoms with Gasteiger partial charge in [0.05, 0.1) is 0 Å². The highest BCUT2D eigenvalue weighted by Crippen LogP contribution is 2.47. The molecule has 1 aromatic carbocycles. The van der Waals surface area contributed by atoms with Crippen molar-refractivity contribution in [3.8, 4) is 0 Å².